The van der Waals surface area contributed by atoms with Gasteiger partial charge in [-0.25, -0.2) is 4.98 Å². The van der Waals surface area contributed by atoms with Crippen molar-refractivity contribution in [1.82, 2.24) is 9.97 Å². The molecule has 0 aliphatic heterocycles. The summed E-state index contributed by atoms with van der Waals surface area (Å²) in [5.74, 6) is 2.05. The molecule has 1 heterocycles. The lowest BCUT2D eigenvalue weighted by atomic mass is 10.1. The smallest absolute Gasteiger partial charge is 0.238 e. The molecule has 0 saturated carbocycles. The van der Waals surface area contributed by atoms with Gasteiger partial charge in [-0.15, -0.1) is 11.6 Å². The van der Waals surface area contributed by atoms with E-state index in [2.05, 4.69) is 16.9 Å². The van der Waals surface area contributed by atoms with Gasteiger partial charge in [-0.2, -0.15) is 0 Å². The van der Waals surface area contributed by atoms with Crippen molar-refractivity contribution in [2.24, 2.45) is 0 Å². The van der Waals surface area contributed by atoms with Gasteiger partial charge < -0.3 is 9.47 Å². The molecular weight excluding hydrogens is 264 g/mol. The second-order valence-electron chi connectivity index (χ2n) is 3.92. The molecule has 0 aliphatic carbocycles. The lowest BCUT2D eigenvalue weighted by Crippen LogP contribution is -1.95. The van der Waals surface area contributed by atoms with Gasteiger partial charge in [0.05, 0.1) is 31.1 Å². The highest BCUT2D eigenvalue weighted by Gasteiger charge is 2.07. The molecule has 0 unspecified atom stereocenters. The molecule has 19 heavy (non-hydrogen) atoms. The maximum absolute atomic E-state index is 5.66. The fourth-order valence-corrected chi connectivity index (χ4v) is 1.73. The van der Waals surface area contributed by atoms with Crippen molar-refractivity contribution >= 4 is 11.6 Å². The van der Waals surface area contributed by atoms with Crippen LogP contribution in [0.25, 0.3) is 0 Å². The number of aromatic nitrogens is 2. The lowest BCUT2D eigenvalue weighted by Gasteiger charge is -2.10. The molecule has 1 aromatic carbocycles. The predicted octanol–water partition coefficient (Wildman–Crippen LogP) is 3.58. The zero-order valence-electron chi connectivity index (χ0n) is 10.9. The predicted molar refractivity (Wildman–Crippen MR) is 74.0 cm³/mol. The second kappa shape index (κ2) is 6.38. The third-order valence-electron chi connectivity index (χ3n) is 2.67. The minimum absolute atomic E-state index is 0.335. The van der Waals surface area contributed by atoms with E-state index in [0.29, 0.717) is 29.0 Å². The van der Waals surface area contributed by atoms with Gasteiger partial charge in [0.25, 0.3) is 0 Å². The molecule has 2 aromatic rings. The Labute approximate surface area is 117 Å². The number of ether oxygens (including phenoxy) is 2. The molecule has 0 atom stereocenters. The third kappa shape index (κ3) is 3.35. The SMILES string of the molecule is CCc1ccc(Oc2cnc(CCl)cn2)c(OC)c1. The summed E-state index contributed by atoms with van der Waals surface area (Å²) in [6.07, 6.45) is 4.08. The first-order valence-electron chi connectivity index (χ1n) is 5.98. The largest absolute Gasteiger partial charge is 0.493 e. The minimum Gasteiger partial charge on any atom is -0.493 e. The van der Waals surface area contributed by atoms with Gasteiger partial charge in [0.1, 0.15) is 0 Å². The van der Waals surface area contributed by atoms with Crippen LogP contribution in [0.15, 0.2) is 30.6 Å². The van der Waals surface area contributed by atoms with Crippen LogP contribution in [0, 0.1) is 0 Å². The molecular formula is C14H15ClN2O2. The van der Waals surface area contributed by atoms with Crippen molar-refractivity contribution in [3.63, 3.8) is 0 Å². The highest BCUT2D eigenvalue weighted by Crippen LogP contribution is 2.31. The van der Waals surface area contributed by atoms with Gasteiger partial charge in [-0.1, -0.05) is 13.0 Å². The highest BCUT2D eigenvalue weighted by molar-refractivity contribution is 6.16. The van der Waals surface area contributed by atoms with E-state index in [9.17, 15) is 0 Å². The second-order valence-corrected chi connectivity index (χ2v) is 4.19. The Morgan fingerprint density at radius 3 is 2.58 bits per heavy atom. The Hall–Kier alpha value is -1.81. The van der Waals surface area contributed by atoms with E-state index in [0.717, 1.165) is 6.42 Å². The first kappa shape index (κ1) is 13.6. The van der Waals surface area contributed by atoms with Gasteiger partial charge in [-0.05, 0) is 24.1 Å². The number of aryl methyl sites for hydroxylation is 1. The zero-order valence-corrected chi connectivity index (χ0v) is 11.6. The molecule has 0 radical (unpaired) electrons. The summed E-state index contributed by atoms with van der Waals surface area (Å²) < 4.78 is 11.0. The summed E-state index contributed by atoms with van der Waals surface area (Å²) in [6, 6.07) is 5.82. The summed E-state index contributed by atoms with van der Waals surface area (Å²) >= 11 is 5.66. The number of rotatable bonds is 5. The van der Waals surface area contributed by atoms with Crippen LogP contribution in [-0.2, 0) is 12.3 Å². The normalized spacial score (nSPS) is 10.3. The van der Waals surface area contributed by atoms with Crippen molar-refractivity contribution in [1.29, 1.82) is 0 Å². The van der Waals surface area contributed by atoms with E-state index in [1.165, 1.54) is 5.56 Å². The van der Waals surface area contributed by atoms with Crippen molar-refractivity contribution in [2.75, 3.05) is 7.11 Å². The van der Waals surface area contributed by atoms with Gasteiger partial charge in [0.2, 0.25) is 5.88 Å². The van der Waals surface area contributed by atoms with Crippen LogP contribution in [0.3, 0.4) is 0 Å². The molecule has 2 rings (SSSR count). The van der Waals surface area contributed by atoms with E-state index >= 15 is 0 Å². The summed E-state index contributed by atoms with van der Waals surface area (Å²) in [4.78, 5) is 8.26. The van der Waals surface area contributed by atoms with E-state index in [1.807, 2.05) is 18.2 Å². The van der Waals surface area contributed by atoms with E-state index < -0.39 is 0 Å². The number of hydrogen-bond donors (Lipinski definition) is 0. The summed E-state index contributed by atoms with van der Waals surface area (Å²) in [6.45, 7) is 2.09. The number of halogens is 1. The van der Waals surface area contributed by atoms with Gasteiger partial charge >= 0.3 is 0 Å². The molecule has 5 heteroatoms. The Balaban J connectivity index is 2.21. The van der Waals surface area contributed by atoms with Crippen LogP contribution < -0.4 is 9.47 Å². The van der Waals surface area contributed by atoms with E-state index in [4.69, 9.17) is 21.1 Å². The average molecular weight is 279 g/mol. The van der Waals surface area contributed by atoms with Crippen molar-refractivity contribution in [2.45, 2.75) is 19.2 Å². The van der Waals surface area contributed by atoms with E-state index in [-0.39, 0.29) is 0 Å². The van der Waals surface area contributed by atoms with Crippen LogP contribution in [0.4, 0.5) is 0 Å². The van der Waals surface area contributed by atoms with Crippen LogP contribution in [0.1, 0.15) is 18.2 Å². The van der Waals surface area contributed by atoms with Crippen LogP contribution in [0.2, 0.25) is 0 Å². The molecule has 0 bridgehead atoms. The van der Waals surface area contributed by atoms with Crippen molar-refractivity contribution in [3.8, 4) is 17.4 Å². The first-order valence-corrected chi connectivity index (χ1v) is 6.52. The average Bonchev–Trinajstić information content (AvgIpc) is 2.48. The molecule has 100 valence electrons. The Morgan fingerprint density at radius 2 is 2.00 bits per heavy atom. The highest BCUT2D eigenvalue weighted by atomic mass is 35.5. The molecule has 0 aliphatic rings. The summed E-state index contributed by atoms with van der Waals surface area (Å²) in [7, 11) is 1.61. The van der Waals surface area contributed by atoms with Gasteiger partial charge in [0, 0.05) is 0 Å². The Kier molecular flexibility index (Phi) is 4.58. The number of alkyl halides is 1. The number of benzene rings is 1. The summed E-state index contributed by atoms with van der Waals surface area (Å²) in [5, 5.41) is 0. The molecule has 0 fully saturated rings. The number of nitrogens with zero attached hydrogens (tertiary/aromatic N) is 2. The molecule has 0 N–H and O–H groups in total. The maximum atomic E-state index is 5.66. The Bertz CT molecular complexity index is 544. The quantitative estimate of drug-likeness (QED) is 0.784. The fourth-order valence-electron chi connectivity index (χ4n) is 1.59. The molecule has 0 saturated heterocycles. The first-order chi connectivity index (χ1) is 9.26. The fraction of sp³-hybridized carbons (Fsp3) is 0.286. The number of methoxy groups -OCH3 is 1. The zero-order chi connectivity index (χ0) is 13.7. The molecule has 1 aromatic heterocycles. The minimum atomic E-state index is 0.335. The molecule has 0 spiro atoms. The van der Waals surface area contributed by atoms with Crippen LogP contribution >= 0.6 is 11.6 Å². The molecule has 4 nitrogen and oxygen atoms in total. The Morgan fingerprint density at radius 1 is 1.16 bits per heavy atom. The topological polar surface area (TPSA) is 44.2 Å². The van der Waals surface area contributed by atoms with Gasteiger partial charge in [-0.3, -0.25) is 4.98 Å². The van der Waals surface area contributed by atoms with Crippen LogP contribution in [0.5, 0.6) is 17.4 Å². The van der Waals surface area contributed by atoms with Crippen LogP contribution in [-0.4, -0.2) is 17.1 Å². The monoisotopic (exact) mass is 278 g/mol. The standard InChI is InChI=1S/C14H15ClN2O2/c1-3-10-4-5-12(13(6-10)18-2)19-14-9-16-11(7-15)8-17-14/h4-6,8-9H,3,7H2,1-2H3. The lowest BCUT2D eigenvalue weighted by molar-refractivity contribution is 0.373. The van der Waals surface area contributed by atoms with Crippen molar-refractivity contribution < 1.29 is 9.47 Å². The van der Waals surface area contributed by atoms with E-state index in [1.54, 1.807) is 19.5 Å². The number of hydrogen-bond acceptors (Lipinski definition) is 4. The summed E-state index contributed by atoms with van der Waals surface area (Å²) in [5.41, 5.74) is 1.90. The van der Waals surface area contributed by atoms with Gasteiger partial charge in [0.15, 0.2) is 11.5 Å². The maximum Gasteiger partial charge on any atom is 0.238 e. The van der Waals surface area contributed by atoms with Crippen molar-refractivity contribution in [3.05, 3.63) is 41.9 Å². The molecule has 0 amide bonds. The third-order valence-corrected chi connectivity index (χ3v) is 2.94.